The highest BCUT2D eigenvalue weighted by molar-refractivity contribution is 6.32. The number of rotatable bonds is 3. The van der Waals surface area contributed by atoms with E-state index in [2.05, 4.69) is 25.2 Å². The lowest BCUT2D eigenvalue weighted by Gasteiger charge is -2.26. The van der Waals surface area contributed by atoms with Crippen molar-refractivity contribution in [2.75, 3.05) is 19.8 Å². The van der Waals surface area contributed by atoms with Crippen molar-refractivity contribution in [1.29, 1.82) is 0 Å². The van der Waals surface area contributed by atoms with Gasteiger partial charge in [0.05, 0.1) is 18.2 Å². The quantitative estimate of drug-likeness (QED) is 0.899. The Morgan fingerprint density at radius 2 is 1.95 bits per heavy atom. The fraction of sp³-hybridized carbons (Fsp3) is 0.667. The summed E-state index contributed by atoms with van der Waals surface area (Å²) in [5.74, 6) is 2.01. The van der Waals surface area contributed by atoms with Gasteiger partial charge in [-0.25, -0.2) is 0 Å². The lowest BCUT2D eigenvalue weighted by Crippen LogP contribution is -2.35. The zero-order valence-electron chi connectivity index (χ0n) is 13.6. The fourth-order valence-electron chi connectivity index (χ4n) is 3.52. The number of hydrogen-bond acceptors (Lipinski definition) is 3. The summed E-state index contributed by atoms with van der Waals surface area (Å²) in [7, 11) is 0. The molecule has 0 saturated carbocycles. The number of benzene rings is 1. The minimum atomic E-state index is 0.395. The molecule has 0 bridgehead atoms. The molecule has 122 valence electrons. The van der Waals surface area contributed by atoms with Crippen LogP contribution >= 0.6 is 11.6 Å². The lowest BCUT2D eigenvalue weighted by atomic mass is 9.89. The third-order valence-electron chi connectivity index (χ3n) is 4.55. The van der Waals surface area contributed by atoms with Crippen molar-refractivity contribution in [1.82, 2.24) is 5.32 Å². The second-order valence-electron chi connectivity index (χ2n) is 6.65. The van der Waals surface area contributed by atoms with Crippen LogP contribution in [-0.4, -0.2) is 25.8 Å². The summed E-state index contributed by atoms with van der Waals surface area (Å²) in [6, 6.07) is 2.65. The van der Waals surface area contributed by atoms with E-state index < -0.39 is 0 Å². The Kier molecular flexibility index (Phi) is 5.14. The van der Waals surface area contributed by atoms with E-state index in [1.165, 1.54) is 30.4 Å². The van der Waals surface area contributed by atoms with E-state index in [0.29, 0.717) is 30.2 Å². The highest BCUT2D eigenvalue weighted by atomic mass is 35.5. The van der Waals surface area contributed by atoms with Gasteiger partial charge in [-0.05, 0) is 43.4 Å². The average molecular weight is 324 g/mol. The molecule has 2 aliphatic heterocycles. The molecule has 0 spiro atoms. The Morgan fingerprint density at radius 3 is 2.64 bits per heavy atom. The molecule has 1 N–H and O–H groups in total. The number of hydrogen-bond donors (Lipinski definition) is 1. The van der Waals surface area contributed by atoms with Crippen molar-refractivity contribution in [2.24, 2.45) is 0 Å². The summed E-state index contributed by atoms with van der Waals surface area (Å²) < 4.78 is 11.9. The minimum absolute atomic E-state index is 0.395. The number of piperidine rings is 1. The highest BCUT2D eigenvalue weighted by Crippen LogP contribution is 2.45. The molecule has 1 fully saturated rings. The zero-order valence-corrected chi connectivity index (χ0v) is 14.3. The Labute approximate surface area is 138 Å². The first-order valence-corrected chi connectivity index (χ1v) is 8.89. The number of ether oxygens (including phenoxy) is 2. The predicted molar refractivity (Wildman–Crippen MR) is 90.5 cm³/mol. The summed E-state index contributed by atoms with van der Waals surface area (Å²) >= 11 is 6.49. The summed E-state index contributed by atoms with van der Waals surface area (Å²) in [6.07, 6.45) is 5.76. The molecule has 3 rings (SSSR count). The van der Waals surface area contributed by atoms with Crippen molar-refractivity contribution in [3.05, 3.63) is 22.2 Å². The van der Waals surface area contributed by atoms with Crippen LogP contribution in [0.4, 0.5) is 0 Å². The van der Waals surface area contributed by atoms with E-state index in [1.807, 2.05) is 0 Å². The van der Waals surface area contributed by atoms with Crippen LogP contribution in [0.5, 0.6) is 11.5 Å². The molecule has 1 atom stereocenters. The molecule has 1 unspecified atom stereocenters. The fourth-order valence-corrected chi connectivity index (χ4v) is 3.80. The molecule has 0 radical (unpaired) electrons. The molecule has 3 nitrogen and oxygen atoms in total. The maximum Gasteiger partial charge on any atom is 0.180 e. The average Bonchev–Trinajstić information content (AvgIpc) is 2.74. The van der Waals surface area contributed by atoms with Crippen LogP contribution in [0.15, 0.2) is 6.07 Å². The van der Waals surface area contributed by atoms with Gasteiger partial charge in [0.2, 0.25) is 0 Å². The van der Waals surface area contributed by atoms with Crippen LogP contribution < -0.4 is 14.8 Å². The van der Waals surface area contributed by atoms with Crippen LogP contribution in [-0.2, 0) is 6.42 Å². The molecule has 1 aromatic carbocycles. The number of fused-ring (bicyclic) bond motifs is 1. The number of nitrogens with one attached hydrogen (secondary N) is 1. The van der Waals surface area contributed by atoms with Crippen molar-refractivity contribution < 1.29 is 9.47 Å². The molecular weight excluding hydrogens is 298 g/mol. The molecular formula is C18H26ClNO2. The van der Waals surface area contributed by atoms with Crippen molar-refractivity contribution in [3.63, 3.8) is 0 Å². The van der Waals surface area contributed by atoms with Gasteiger partial charge in [-0.2, -0.15) is 0 Å². The molecule has 22 heavy (non-hydrogen) atoms. The van der Waals surface area contributed by atoms with Gasteiger partial charge in [0.1, 0.15) is 0 Å². The topological polar surface area (TPSA) is 30.5 Å². The maximum absolute atomic E-state index is 6.49. The first-order chi connectivity index (χ1) is 10.7. The summed E-state index contributed by atoms with van der Waals surface area (Å²) in [4.78, 5) is 0. The standard InChI is InChI=1S/C18H26ClNO2/c1-12(2)16-13(10-14-6-3-4-7-20-14)11-15(19)17-18(16)22-9-5-8-21-17/h11-12,14,20H,3-10H2,1-2H3. The highest BCUT2D eigenvalue weighted by Gasteiger charge is 2.25. The molecule has 1 aromatic rings. The zero-order chi connectivity index (χ0) is 15.5. The van der Waals surface area contributed by atoms with Crippen molar-refractivity contribution >= 4 is 11.6 Å². The maximum atomic E-state index is 6.49. The van der Waals surface area contributed by atoms with E-state index in [-0.39, 0.29) is 0 Å². The van der Waals surface area contributed by atoms with E-state index in [9.17, 15) is 0 Å². The van der Waals surface area contributed by atoms with E-state index in [1.54, 1.807) is 0 Å². The van der Waals surface area contributed by atoms with Gasteiger partial charge in [0.15, 0.2) is 11.5 Å². The SMILES string of the molecule is CC(C)c1c(CC2CCCCN2)cc(Cl)c2c1OCCCO2. The van der Waals surface area contributed by atoms with E-state index in [0.717, 1.165) is 30.9 Å². The van der Waals surface area contributed by atoms with Crippen molar-refractivity contribution in [2.45, 2.75) is 57.9 Å². The van der Waals surface area contributed by atoms with Gasteiger partial charge in [0, 0.05) is 18.0 Å². The number of halogens is 1. The molecule has 0 amide bonds. The lowest BCUT2D eigenvalue weighted by molar-refractivity contribution is 0.295. The van der Waals surface area contributed by atoms with Crippen LogP contribution in [0, 0.1) is 0 Å². The van der Waals surface area contributed by atoms with E-state index in [4.69, 9.17) is 21.1 Å². The smallest absolute Gasteiger partial charge is 0.180 e. The first-order valence-electron chi connectivity index (χ1n) is 8.51. The van der Waals surface area contributed by atoms with Gasteiger partial charge in [0.25, 0.3) is 0 Å². The molecule has 2 aliphatic rings. The minimum Gasteiger partial charge on any atom is -0.489 e. The predicted octanol–water partition coefficient (Wildman–Crippen LogP) is 4.31. The molecule has 1 saturated heterocycles. The van der Waals surface area contributed by atoms with Gasteiger partial charge in [-0.3, -0.25) is 0 Å². The Balaban J connectivity index is 1.97. The second kappa shape index (κ2) is 7.10. The molecule has 0 aliphatic carbocycles. The van der Waals surface area contributed by atoms with Gasteiger partial charge >= 0.3 is 0 Å². The Hall–Kier alpha value is -0.930. The van der Waals surface area contributed by atoms with Gasteiger partial charge in [-0.15, -0.1) is 0 Å². The second-order valence-corrected chi connectivity index (χ2v) is 7.05. The third-order valence-corrected chi connectivity index (χ3v) is 4.83. The van der Waals surface area contributed by atoms with Crippen LogP contribution in [0.2, 0.25) is 5.02 Å². The van der Waals surface area contributed by atoms with E-state index >= 15 is 0 Å². The van der Waals surface area contributed by atoms with Crippen LogP contribution in [0.3, 0.4) is 0 Å². The molecule has 4 heteroatoms. The van der Waals surface area contributed by atoms with Gasteiger partial charge in [-0.1, -0.05) is 31.9 Å². The molecule has 0 aromatic heterocycles. The molecule has 2 heterocycles. The van der Waals surface area contributed by atoms with Gasteiger partial charge < -0.3 is 14.8 Å². The summed E-state index contributed by atoms with van der Waals surface area (Å²) in [5, 5.41) is 4.32. The largest absolute Gasteiger partial charge is 0.489 e. The Morgan fingerprint density at radius 1 is 1.18 bits per heavy atom. The van der Waals surface area contributed by atoms with Crippen LogP contribution in [0.25, 0.3) is 0 Å². The normalized spacial score (nSPS) is 21.7. The third kappa shape index (κ3) is 3.36. The first kappa shape index (κ1) is 15.9. The summed E-state index contributed by atoms with van der Waals surface area (Å²) in [5.41, 5.74) is 2.58. The van der Waals surface area contributed by atoms with Crippen LogP contribution in [0.1, 0.15) is 56.6 Å². The summed E-state index contributed by atoms with van der Waals surface area (Å²) in [6.45, 7) is 6.94. The van der Waals surface area contributed by atoms with Crippen molar-refractivity contribution in [3.8, 4) is 11.5 Å². The Bertz CT molecular complexity index is 524. The monoisotopic (exact) mass is 323 g/mol.